The summed E-state index contributed by atoms with van der Waals surface area (Å²) in [6.07, 6.45) is 0. The molecule has 0 saturated heterocycles. The van der Waals surface area contributed by atoms with Gasteiger partial charge in [-0.25, -0.2) is 10.8 Å². The number of nitrogens with zero attached hydrogens (tertiary/aromatic N) is 1. The van der Waals surface area contributed by atoms with Gasteiger partial charge in [-0.15, -0.1) is 0 Å². The van der Waals surface area contributed by atoms with Gasteiger partial charge in [0.05, 0.1) is 5.69 Å². The number of hydrogen-bond donors (Lipinski definition) is 3. The molecule has 1 aromatic carbocycles. The van der Waals surface area contributed by atoms with E-state index in [-0.39, 0.29) is 0 Å². The second kappa shape index (κ2) is 4.04. The highest BCUT2D eigenvalue weighted by atomic mass is 79.9. The minimum absolute atomic E-state index is 0.572. The summed E-state index contributed by atoms with van der Waals surface area (Å²) >= 11 is 3.43. The summed E-state index contributed by atoms with van der Waals surface area (Å²) in [5.74, 6) is 5.86. The smallest absolute Gasteiger partial charge is 0.215 e. The van der Waals surface area contributed by atoms with Crippen LogP contribution in [-0.2, 0) is 0 Å². The molecule has 1 heterocycles. The molecule has 0 aliphatic carbocycles. The molecule has 0 radical (unpaired) electrons. The lowest BCUT2D eigenvalue weighted by Gasteiger charge is -1.98. The number of aromatic amines is 1. The van der Waals surface area contributed by atoms with E-state index in [1.165, 1.54) is 0 Å². The van der Waals surface area contributed by atoms with E-state index in [0.717, 1.165) is 21.4 Å². The van der Waals surface area contributed by atoms with Gasteiger partial charge in [-0.2, -0.15) is 0 Å². The predicted octanol–water partition coefficient (Wildman–Crippen LogP) is 2.43. The molecule has 0 spiro atoms. The van der Waals surface area contributed by atoms with E-state index in [2.05, 4.69) is 31.3 Å². The van der Waals surface area contributed by atoms with Gasteiger partial charge in [-0.1, -0.05) is 28.1 Å². The lowest BCUT2D eigenvalue weighted by Crippen LogP contribution is -2.07. The Bertz CT molecular complexity index is 478. The third kappa shape index (κ3) is 2.03. The Morgan fingerprint density at radius 2 is 2.27 bits per heavy atom. The van der Waals surface area contributed by atoms with Gasteiger partial charge in [0.2, 0.25) is 5.95 Å². The van der Waals surface area contributed by atoms with E-state index in [1.807, 2.05) is 31.2 Å². The Kier molecular flexibility index (Phi) is 2.75. The zero-order chi connectivity index (χ0) is 10.8. The van der Waals surface area contributed by atoms with Crippen LogP contribution < -0.4 is 11.3 Å². The topological polar surface area (TPSA) is 66.7 Å². The molecule has 0 atom stereocenters. The number of nitrogens with two attached hydrogens (primary N) is 1. The molecule has 2 rings (SSSR count). The van der Waals surface area contributed by atoms with Crippen LogP contribution in [0.25, 0.3) is 11.3 Å². The molecule has 0 fully saturated rings. The number of benzene rings is 1. The SMILES string of the molecule is Cc1[nH]c(NN)nc1-c1cccc(Br)c1. The molecule has 1 aromatic heterocycles. The van der Waals surface area contributed by atoms with Crippen LogP contribution in [0.15, 0.2) is 28.7 Å². The fourth-order valence-corrected chi connectivity index (χ4v) is 1.84. The first-order chi connectivity index (χ1) is 7.20. The number of imidazole rings is 1. The number of nitrogen functional groups attached to an aromatic ring is 1. The fraction of sp³-hybridized carbons (Fsp3) is 0.100. The highest BCUT2D eigenvalue weighted by molar-refractivity contribution is 9.10. The van der Waals surface area contributed by atoms with Gasteiger partial charge in [0, 0.05) is 15.7 Å². The zero-order valence-corrected chi connectivity index (χ0v) is 9.80. The van der Waals surface area contributed by atoms with Crippen molar-refractivity contribution in [3.63, 3.8) is 0 Å². The molecule has 4 nitrogen and oxygen atoms in total. The van der Waals surface area contributed by atoms with Crippen LogP contribution in [0.2, 0.25) is 0 Å². The molecule has 2 aromatic rings. The van der Waals surface area contributed by atoms with Gasteiger partial charge in [0.15, 0.2) is 0 Å². The number of hydrazine groups is 1. The average molecular weight is 267 g/mol. The van der Waals surface area contributed by atoms with Crippen LogP contribution >= 0.6 is 15.9 Å². The molecule has 5 heteroatoms. The molecule has 0 saturated carbocycles. The van der Waals surface area contributed by atoms with Gasteiger partial charge >= 0.3 is 0 Å². The normalized spacial score (nSPS) is 10.3. The first kappa shape index (κ1) is 10.2. The number of halogens is 1. The molecule has 0 unspecified atom stereocenters. The second-order valence-corrected chi connectivity index (χ2v) is 4.13. The lowest BCUT2D eigenvalue weighted by molar-refractivity contribution is 1.18. The van der Waals surface area contributed by atoms with Crippen molar-refractivity contribution in [2.45, 2.75) is 6.92 Å². The molecule has 0 bridgehead atoms. The fourth-order valence-electron chi connectivity index (χ4n) is 1.45. The van der Waals surface area contributed by atoms with Crippen molar-refractivity contribution < 1.29 is 0 Å². The molecular formula is C10H11BrN4. The highest BCUT2D eigenvalue weighted by Crippen LogP contribution is 2.24. The van der Waals surface area contributed by atoms with E-state index in [0.29, 0.717) is 5.95 Å². The molecular weight excluding hydrogens is 256 g/mol. The van der Waals surface area contributed by atoms with E-state index in [9.17, 15) is 0 Å². The van der Waals surface area contributed by atoms with E-state index < -0.39 is 0 Å². The van der Waals surface area contributed by atoms with Gasteiger partial charge < -0.3 is 4.98 Å². The predicted molar refractivity (Wildman–Crippen MR) is 64.3 cm³/mol. The van der Waals surface area contributed by atoms with Crippen LogP contribution in [0, 0.1) is 6.92 Å². The summed E-state index contributed by atoms with van der Waals surface area (Å²) < 4.78 is 1.03. The maximum Gasteiger partial charge on any atom is 0.215 e. The van der Waals surface area contributed by atoms with Crippen molar-refractivity contribution in [3.05, 3.63) is 34.4 Å². The number of rotatable bonds is 2. The summed E-state index contributed by atoms with van der Waals surface area (Å²) in [4.78, 5) is 7.38. The van der Waals surface area contributed by atoms with Crippen LogP contribution in [0.4, 0.5) is 5.95 Å². The van der Waals surface area contributed by atoms with Crippen LogP contribution in [0.1, 0.15) is 5.69 Å². The Morgan fingerprint density at radius 1 is 1.47 bits per heavy atom. The zero-order valence-electron chi connectivity index (χ0n) is 8.21. The maximum atomic E-state index is 5.29. The summed E-state index contributed by atoms with van der Waals surface area (Å²) in [5.41, 5.74) is 5.44. The molecule has 15 heavy (non-hydrogen) atoms. The second-order valence-electron chi connectivity index (χ2n) is 3.21. The minimum atomic E-state index is 0.572. The Labute approximate surface area is 96.0 Å². The van der Waals surface area contributed by atoms with Crippen molar-refractivity contribution >= 4 is 21.9 Å². The maximum absolute atomic E-state index is 5.29. The van der Waals surface area contributed by atoms with Crippen molar-refractivity contribution in [2.24, 2.45) is 5.84 Å². The highest BCUT2D eigenvalue weighted by Gasteiger charge is 2.07. The summed E-state index contributed by atoms with van der Waals surface area (Å²) in [7, 11) is 0. The molecule has 0 aliphatic rings. The first-order valence-electron chi connectivity index (χ1n) is 4.50. The van der Waals surface area contributed by atoms with Crippen LogP contribution in [0.5, 0.6) is 0 Å². The number of hydrogen-bond acceptors (Lipinski definition) is 3. The Hall–Kier alpha value is -1.33. The van der Waals surface area contributed by atoms with Crippen LogP contribution in [-0.4, -0.2) is 9.97 Å². The van der Waals surface area contributed by atoms with Gasteiger partial charge in [0.25, 0.3) is 0 Å². The summed E-state index contributed by atoms with van der Waals surface area (Å²) in [5, 5.41) is 0. The third-order valence-corrected chi connectivity index (χ3v) is 2.61. The van der Waals surface area contributed by atoms with Crippen molar-refractivity contribution in [1.29, 1.82) is 0 Å². The summed E-state index contributed by atoms with van der Waals surface area (Å²) in [6.45, 7) is 1.96. The molecule has 0 aliphatic heterocycles. The average Bonchev–Trinajstić information content (AvgIpc) is 2.60. The minimum Gasteiger partial charge on any atom is -0.327 e. The first-order valence-corrected chi connectivity index (χ1v) is 5.29. The molecule has 0 amide bonds. The number of aryl methyl sites for hydroxylation is 1. The van der Waals surface area contributed by atoms with E-state index in [4.69, 9.17) is 5.84 Å². The summed E-state index contributed by atoms with van der Waals surface area (Å²) in [6, 6.07) is 7.98. The van der Waals surface area contributed by atoms with Gasteiger partial charge in [-0.3, -0.25) is 5.43 Å². The van der Waals surface area contributed by atoms with Crippen molar-refractivity contribution in [3.8, 4) is 11.3 Å². The van der Waals surface area contributed by atoms with Crippen LogP contribution in [0.3, 0.4) is 0 Å². The third-order valence-electron chi connectivity index (χ3n) is 2.12. The van der Waals surface area contributed by atoms with Crippen molar-refractivity contribution in [2.75, 3.05) is 5.43 Å². The largest absolute Gasteiger partial charge is 0.327 e. The number of aromatic nitrogens is 2. The van der Waals surface area contributed by atoms with Gasteiger partial charge in [0.1, 0.15) is 0 Å². The van der Waals surface area contributed by atoms with Crippen molar-refractivity contribution in [1.82, 2.24) is 9.97 Å². The van der Waals surface area contributed by atoms with E-state index >= 15 is 0 Å². The number of H-pyrrole nitrogens is 1. The Balaban J connectivity index is 2.48. The molecule has 4 N–H and O–H groups in total. The lowest BCUT2D eigenvalue weighted by atomic mass is 10.1. The standard InChI is InChI=1S/C10H11BrN4/c1-6-9(14-10(13-6)15-12)7-3-2-4-8(11)5-7/h2-5H,12H2,1H3,(H2,13,14,15). The molecule has 78 valence electrons. The number of anilines is 1. The monoisotopic (exact) mass is 266 g/mol. The van der Waals surface area contributed by atoms with Gasteiger partial charge in [-0.05, 0) is 19.1 Å². The van der Waals surface area contributed by atoms with E-state index in [1.54, 1.807) is 0 Å². The Morgan fingerprint density at radius 3 is 2.87 bits per heavy atom. The quantitative estimate of drug-likeness (QED) is 0.578. The number of nitrogens with one attached hydrogen (secondary N) is 2.